The minimum Gasteiger partial charge on any atom is -0.493 e. The maximum Gasteiger partial charge on any atom is 0.343 e. The van der Waals surface area contributed by atoms with E-state index in [0.29, 0.717) is 32.1 Å². The number of rotatable bonds is 7. The molecule has 1 heterocycles. The van der Waals surface area contributed by atoms with Crippen molar-refractivity contribution in [3.63, 3.8) is 0 Å². The normalized spacial score (nSPS) is 14.8. The number of hydrogen-bond donors (Lipinski definition) is 0. The summed E-state index contributed by atoms with van der Waals surface area (Å²) in [5.74, 6) is -0.265. The van der Waals surface area contributed by atoms with Crippen LogP contribution in [0.3, 0.4) is 0 Å². The van der Waals surface area contributed by atoms with Crippen molar-refractivity contribution in [1.82, 2.24) is 4.90 Å². The zero-order valence-electron chi connectivity index (χ0n) is 16.5. The van der Waals surface area contributed by atoms with Gasteiger partial charge in [-0.3, -0.25) is 14.5 Å². The average molecular weight is 527 g/mol. The number of carbonyl (C=O) groups excluding carboxylic acids is 3. The molecule has 0 spiro atoms. The van der Waals surface area contributed by atoms with Crippen LogP contribution in [0, 0.1) is 0 Å². The van der Waals surface area contributed by atoms with Gasteiger partial charge < -0.3 is 14.2 Å². The summed E-state index contributed by atoms with van der Waals surface area (Å²) in [4.78, 5) is 38.0. The Morgan fingerprint density at radius 1 is 1.19 bits per heavy atom. The second-order valence-corrected chi connectivity index (χ2v) is 8.50. The number of halogens is 2. The zero-order chi connectivity index (χ0) is 22.5. The lowest BCUT2D eigenvalue weighted by molar-refractivity contribution is -0.142. The molecule has 0 bridgehead atoms. The molecule has 0 radical (unpaired) electrons. The topological polar surface area (TPSA) is 82.1 Å². The average Bonchev–Trinajstić information content (AvgIpc) is 3.02. The van der Waals surface area contributed by atoms with Crippen LogP contribution in [0.2, 0.25) is 5.02 Å². The van der Waals surface area contributed by atoms with E-state index in [-0.39, 0.29) is 23.3 Å². The number of imide groups is 1. The SMILES string of the molecule is COC(=O)COc1cc(Br)c(/C=C2/SC(=O)N(Cc3ccccc3Cl)C2=O)cc1OC. The van der Waals surface area contributed by atoms with Crippen molar-refractivity contribution in [3.8, 4) is 11.5 Å². The first kappa shape index (κ1) is 23.2. The van der Waals surface area contributed by atoms with Crippen LogP contribution in [0.1, 0.15) is 11.1 Å². The lowest BCUT2D eigenvalue weighted by Crippen LogP contribution is -2.27. The van der Waals surface area contributed by atoms with E-state index in [0.717, 1.165) is 16.7 Å². The maximum absolute atomic E-state index is 12.8. The Hall–Kier alpha value is -2.49. The van der Waals surface area contributed by atoms with Crippen LogP contribution in [-0.4, -0.2) is 42.8 Å². The molecule has 2 aromatic rings. The van der Waals surface area contributed by atoms with Crippen molar-refractivity contribution >= 4 is 62.5 Å². The number of ether oxygens (including phenoxy) is 3. The Morgan fingerprint density at radius 2 is 1.94 bits per heavy atom. The number of esters is 1. The second-order valence-electron chi connectivity index (χ2n) is 6.25. The third-order valence-electron chi connectivity index (χ3n) is 4.30. The summed E-state index contributed by atoms with van der Waals surface area (Å²) in [5, 5.41) is 0.109. The van der Waals surface area contributed by atoms with E-state index >= 15 is 0 Å². The van der Waals surface area contributed by atoms with Crippen LogP contribution in [0.25, 0.3) is 6.08 Å². The molecule has 10 heteroatoms. The first-order valence-electron chi connectivity index (χ1n) is 8.90. The largest absolute Gasteiger partial charge is 0.493 e. The molecule has 2 amide bonds. The molecule has 0 aliphatic carbocycles. The van der Waals surface area contributed by atoms with Crippen molar-refractivity contribution in [2.75, 3.05) is 20.8 Å². The summed E-state index contributed by atoms with van der Waals surface area (Å²) in [6, 6.07) is 10.3. The molecule has 1 saturated heterocycles. The van der Waals surface area contributed by atoms with Crippen LogP contribution in [0.15, 0.2) is 45.8 Å². The molecule has 0 atom stereocenters. The molecule has 31 heavy (non-hydrogen) atoms. The van der Waals surface area contributed by atoms with Crippen molar-refractivity contribution in [2.45, 2.75) is 6.54 Å². The molecule has 1 aliphatic rings. The highest BCUT2D eigenvalue weighted by molar-refractivity contribution is 9.10. The number of amides is 2. The van der Waals surface area contributed by atoms with Gasteiger partial charge in [-0.25, -0.2) is 4.79 Å². The van der Waals surface area contributed by atoms with E-state index < -0.39 is 11.9 Å². The molecule has 0 aromatic heterocycles. The van der Waals surface area contributed by atoms with Crippen LogP contribution in [0.4, 0.5) is 4.79 Å². The first-order valence-corrected chi connectivity index (χ1v) is 10.9. The summed E-state index contributed by atoms with van der Waals surface area (Å²) in [6.07, 6.45) is 1.59. The summed E-state index contributed by atoms with van der Waals surface area (Å²) in [6.45, 7) is -0.188. The van der Waals surface area contributed by atoms with Crippen LogP contribution < -0.4 is 9.47 Å². The molecule has 7 nitrogen and oxygen atoms in total. The Bertz CT molecular complexity index is 1070. The van der Waals surface area contributed by atoms with E-state index in [1.54, 1.807) is 42.5 Å². The summed E-state index contributed by atoms with van der Waals surface area (Å²) in [5.41, 5.74) is 1.29. The third kappa shape index (κ3) is 5.41. The molecule has 162 valence electrons. The Morgan fingerprint density at radius 3 is 2.61 bits per heavy atom. The number of methoxy groups -OCH3 is 2. The van der Waals surface area contributed by atoms with Crippen molar-refractivity contribution in [3.05, 3.63) is 61.9 Å². The monoisotopic (exact) mass is 525 g/mol. The Labute approximate surface area is 196 Å². The van der Waals surface area contributed by atoms with Crippen molar-refractivity contribution < 1.29 is 28.6 Å². The van der Waals surface area contributed by atoms with Crippen molar-refractivity contribution in [2.24, 2.45) is 0 Å². The minimum absolute atomic E-state index is 0.0898. The van der Waals surface area contributed by atoms with E-state index in [1.807, 2.05) is 0 Å². The van der Waals surface area contributed by atoms with Gasteiger partial charge in [0.2, 0.25) is 0 Å². The molecule has 0 saturated carbocycles. The van der Waals surface area contributed by atoms with Crippen LogP contribution in [0.5, 0.6) is 11.5 Å². The van der Waals surface area contributed by atoms with Crippen LogP contribution >= 0.6 is 39.3 Å². The fourth-order valence-corrected chi connectivity index (χ4v) is 4.17. The van der Waals surface area contributed by atoms with Gasteiger partial charge in [-0.15, -0.1) is 0 Å². The fourth-order valence-electron chi connectivity index (χ4n) is 2.70. The Balaban J connectivity index is 1.84. The molecule has 3 rings (SSSR count). The summed E-state index contributed by atoms with van der Waals surface area (Å²) < 4.78 is 15.9. The van der Waals surface area contributed by atoms with Gasteiger partial charge in [0.25, 0.3) is 11.1 Å². The summed E-state index contributed by atoms with van der Waals surface area (Å²) in [7, 11) is 2.72. The predicted molar refractivity (Wildman–Crippen MR) is 121 cm³/mol. The Kier molecular flexibility index (Phi) is 7.64. The highest BCUT2D eigenvalue weighted by atomic mass is 79.9. The van der Waals surface area contributed by atoms with E-state index in [9.17, 15) is 14.4 Å². The number of thioether (sulfide) groups is 1. The van der Waals surface area contributed by atoms with Gasteiger partial charge in [0.05, 0.1) is 25.7 Å². The van der Waals surface area contributed by atoms with Crippen LogP contribution in [-0.2, 0) is 20.9 Å². The number of carbonyl (C=O) groups is 3. The quantitative estimate of drug-likeness (QED) is 0.375. The first-order chi connectivity index (χ1) is 14.8. The number of benzene rings is 2. The lowest BCUT2D eigenvalue weighted by Gasteiger charge is -2.13. The van der Waals surface area contributed by atoms with Gasteiger partial charge in [-0.1, -0.05) is 45.7 Å². The highest BCUT2D eigenvalue weighted by Gasteiger charge is 2.35. The molecule has 1 aliphatic heterocycles. The molecular weight excluding hydrogens is 510 g/mol. The molecule has 1 fully saturated rings. The van der Waals surface area contributed by atoms with Gasteiger partial charge in [-0.05, 0) is 47.2 Å². The second kappa shape index (κ2) is 10.2. The minimum atomic E-state index is -0.533. The fraction of sp³-hybridized carbons (Fsp3) is 0.190. The van der Waals surface area contributed by atoms with Gasteiger partial charge in [0, 0.05) is 9.50 Å². The lowest BCUT2D eigenvalue weighted by atomic mass is 10.1. The van der Waals surface area contributed by atoms with Gasteiger partial charge >= 0.3 is 5.97 Å². The van der Waals surface area contributed by atoms with Gasteiger partial charge in [0.15, 0.2) is 18.1 Å². The van der Waals surface area contributed by atoms with Crippen molar-refractivity contribution in [1.29, 1.82) is 0 Å². The predicted octanol–water partition coefficient (Wildman–Crippen LogP) is 4.90. The molecule has 2 aromatic carbocycles. The zero-order valence-corrected chi connectivity index (χ0v) is 19.7. The maximum atomic E-state index is 12.8. The smallest absolute Gasteiger partial charge is 0.343 e. The van der Waals surface area contributed by atoms with E-state index in [1.165, 1.54) is 14.2 Å². The van der Waals surface area contributed by atoms with E-state index in [2.05, 4.69) is 20.7 Å². The summed E-state index contributed by atoms with van der Waals surface area (Å²) >= 11 is 10.4. The molecular formula is C21H17BrClNO6S. The van der Waals surface area contributed by atoms with Gasteiger partial charge in [-0.2, -0.15) is 0 Å². The molecule has 0 N–H and O–H groups in total. The third-order valence-corrected chi connectivity index (χ3v) is 6.27. The highest BCUT2D eigenvalue weighted by Crippen LogP contribution is 2.38. The number of nitrogens with zero attached hydrogens (tertiary/aromatic N) is 1. The standard InChI is InChI=1S/C21H17BrClNO6S/c1-28-16-7-13(14(22)9-17(16)30-11-19(25)29-2)8-18-20(26)24(21(27)31-18)10-12-5-3-4-6-15(12)23/h3-9H,10-11H2,1-2H3/b18-8+. The van der Waals surface area contributed by atoms with E-state index in [4.69, 9.17) is 21.1 Å². The number of hydrogen-bond acceptors (Lipinski definition) is 7. The molecule has 0 unspecified atom stereocenters. The van der Waals surface area contributed by atoms with Gasteiger partial charge in [0.1, 0.15) is 0 Å².